The largest absolute Gasteiger partial charge is 0.508 e. The maximum atomic E-state index is 14.7. The molecule has 0 saturated carbocycles. The molecule has 2 heterocycles. The Morgan fingerprint density at radius 2 is 1.10 bits per heavy atom. The number of hydrogen-bond donors (Lipinski definition) is 18. The van der Waals surface area contributed by atoms with Gasteiger partial charge in [-0.1, -0.05) is 60.7 Å². The van der Waals surface area contributed by atoms with E-state index in [1.165, 1.54) is 48.6 Å². The summed E-state index contributed by atoms with van der Waals surface area (Å²) >= 11 is 1.25. The molecule has 5 rings (SSSR count). The van der Waals surface area contributed by atoms with E-state index in [9.17, 15) is 78.0 Å². The number of aromatic nitrogens is 3. The standard InChI is InChI=1S/C58H73N15O16S/c1-90-21-19-41(69-57(89)46(29-74)73-54(86)42(66-47(77)30-75)23-33-13-15-36(76)16-14-33)53(85)68-40(17-18-48(78)79)52(84)72-45(25-35-27-61-31-65-35)56(88)70-43(22-32-8-3-2-4-9-32)55(87)67-39(12-7-20-62-58(59)60)51(83)71-44(50(82)64-28-49(80)81)24-34-26-63-38-11-6-5-10-37(34)38/h2-6,8-11,13-16,26-27,30-31,39-46,63,74,76H,7,12,17-25,28-29H2,1H3,(H,61,65)(H,64,82)(H,66,77)(H,67,87)(H,68,85)(H,69,89)(H,70,88)(H,71,83)(H,72,84)(H,73,86)(H,78,79)(H,80,81)(H4,59,60,62)/t39-,40-,41-,42-,43-,44-,45-,46-/m0/s1. The number of nitrogens with two attached hydrogens (primary N) is 1. The van der Waals surface area contributed by atoms with Crippen LogP contribution in [0.5, 0.6) is 5.75 Å². The van der Waals surface area contributed by atoms with Gasteiger partial charge in [0.1, 0.15) is 60.6 Å². The number of rotatable bonds is 38. The van der Waals surface area contributed by atoms with E-state index in [4.69, 9.17) is 11.1 Å². The lowest BCUT2D eigenvalue weighted by Crippen LogP contribution is -2.61. The molecule has 9 amide bonds. The highest BCUT2D eigenvalue weighted by Gasteiger charge is 2.36. The zero-order chi connectivity index (χ0) is 65.7. The van der Waals surface area contributed by atoms with E-state index in [-0.39, 0.29) is 80.9 Å². The number of thioether (sulfide) groups is 1. The number of benzene rings is 3. The summed E-state index contributed by atoms with van der Waals surface area (Å²) in [4.78, 5) is 170. The average molecular weight is 1270 g/mol. The van der Waals surface area contributed by atoms with E-state index in [1.807, 2.05) is 0 Å². The Balaban J connectivity index is 1.40. The van der Waals surface area contributed by atoms with Crippen LogP contribution in [0.15, 0.2) is 97.6 Å². The number of aliphatic hydroxyl groups excluding tert-OH is 1. The van der Waals surface area contributed by atoms with Gasteiger partial charge < -0.3 is 89.3 Å². The number of imidazole rings is 1. The minimum absolute atomic E-state index is 0.0509. The van der Waals surface area contributed by atoms with Crippen LogP contribution in [0, 0.1) is 5.41 Å². The zero-order valence-corrected chi connectivity index (χ0v) is 49.6. The second kappa shape index (κ2) is 36.1. The van der Waals surface area contributed by atoms with Gasteiger partial charge in [-0.25, -0.2) is 4.98 Å². The second-order valence-electron chi connectivity index (χ2n) is 20.5. The number of aliphatic carboxylic acids is 2. The Hall–Kier alpha value is -10.4. The summed E-state index contributed by atoms with van der Waals surface area (Å²) in [6.07, 6.45) is 3.50. The maximum Gasteiger partial charge on any atom is 0.322 e. The number of carboxylic acid groups (broad SMARTS) is 2. The lowest BCUT2D eigenvalue weighted by molar-refractivity contribution is -0.139. The van der Waals surface area contributed by atoms with Crippen molar-refractivity contribution in [3.05, 3.63) is 120 Å². The van der Waals surface area contributed by atoms with Crippen LogP contribution in [0.3, 0.4) is 0 Å². The number of guanidine groups is 1. The highest BCUT2D eigenvalue weighted by atomic mass is 32.2. The maximum absolute atomic E-state index is 14.7. The predicted octanol–water partition coefficient (Wildman–Crippen LogP) is -2.98. The van der Waals surface area contributed by atoms with E-state index in [1.54, 1.807) is 67.0 Å². The van der Waals surface area contributed by atoms with Crippen LogP contribution in [0.4, 0.5) is 0 Å². The van der Waals surface area contributed by atoms with Gasteiger partial charge in [0.2, 0.25) is 53.5 Å². The van der Waals surface area contributed by atoms with Gasteiger partial charge in [0.25, 0.3) is 5.91 Å². The number of phenols is 1. The summed E-state index contributed by atoms with van der Waals surface area (Å²) < 4.78 is 0. The molecule has 2 aromatic heterocycles. The van der Waals surface area contributed by atoms with E-state index >= 15 is 0 Å². The summed E-state index contributed by atoms with van der Waals surface area (Å²) in [6, 6.07) is 8.40. The average Bonchev–Trinajstić information content (AvgIpc) is 2.20. The molecule has 0 radical (unpaired) electrons. The van der Waals surface area contributed by atoms with Crippen molar-refractivity contribution in [3.63, 3.8) is 0 Å². The first kappa shape index (κ1) is 70.4. The molecule has 31 nitrogen and oxygen atoms in total. The number of aromatic hydroxyl groups is 1. The van der Waals surface area contributed by atoms with E-state index in [0.717, 1.165) is 0 Å². The second-order valence-corrected chi connectivity index (χ2v) is 21.5. The number of carbonyl (C=O) groups is 12. The van der Waals surface area contributed by atoms with Crippen molar-refractivity contribution in [3.8, 4) is 5.75 Å². The number of nitrogens with zero attached hydrogens (tertiary/aromatic N) is 1. The Labute approximate surface area is 518 Å². The Morgan fingerprint density at radius 3 is 1.66 bits per heavy atom. The van der Waals surface area contributed by atoms with E-state index in [2.05, 4.69) is 68.1 Å². The number of aldehydes is 1. The Bertz CT molecular complexity index is 3300. The van der Waals surface area contributed by atoms with Crippen LogP contribution in [0.1, 0.15) is 54.5 Å². The topological polar surface area (TPSA) is 500 Å². The molecular formula is C58H73N15O16S. The Kier molecular flexibility index (Phi) is 28.2. The van der Waals surface area contributed by atoms with Gasteiger partial charge in [0, 0.05) is 61.9 Å². The lowest BCUT2D eigenvalue weighted by Gasteiger charge is -2.28. The molecule has 3 aromatic carbocycles. The number of nitrogens with one attached hydrogen (secondary N) is 13. The quantitative estimate of drug-likeness (QED) is 0.00616. The lowest BCUT2D eigenvalue weighted by atomic mass is 10.0. The molecule has 0 aliphatic rings. The van der Waals surface area contributed by atoms with Crippen LogP contribution in [0.2, 0.25) is 0 Å². The first-order valence-electron chi connectivity index (χ1n) is 28.2. The number of amides is 9. The van der Waals surface area contributed by atoms with Crippen LogP contribution >= 0.6 is 11.8 Å². The van der Waals surface area contributed by atoms with Gasteiger partial charge in [-0.15, -0.1) is 0 Å². The summed E-state index contributed by atoms with van der Waals surface area (Å²) in [5.74, 6) is -12.2. The molecule has 482 valence electrons. The molecule has 0 bridgehead atoms. The monoisotopic (exact) mass is 1270 g/mol. The number of carbonyl (C=O) groups excluding carboxylic acids is 10. The molecule has 8 atom stereocenters. The van der Waals surface area contributed by atoms with E-state index in [0.29, 0.717) is 27.6 Å². The minimum atomic E-state index is -1.77. The van der Waals surface area contributed by atoms with Crippen LogP contribution in [-0.4, -0.2) is 193 Å². The summed E-state index contributed by atoms with van der Waals surface area (Å²) in [5, 5.41) is 72.2. The van der Waals surface area contributed by atoms with Gasteiger partial charge in [0.05, 0.1) is 18.6 Å². The van der Waals surface area contributed by atoms with Crippen LogP contribution in [0.25, 0.3) is 10.9 Å². The van der Waals surface area contributed by atoms with Gasteiger partial charge in [-0.3, -0.25) is 62.9 Å². The third-order valence-corrected chi connectivity index (χ3v) is 14.4. The molecular weight excluding hydrogens is 1190 g/mol. The molecule has 0 aliphatic carbocycles. The first-order valence-corrected chi connectivity index (χ1v) is 29.6. The number of aliphatic hydroxyl groups is 1. The molecule has 0 unspecified atom stereocenters. The number of aromatic amines is 2. The summed E-state index contributed by atoms with van der Waals surface area (Å²) in [5.41, 5.74) is 7.94. The third kappa shape index (κ3) is 23.4. The van der Waals surface area contributed by atoms with Crippen LogP contribution in [-0.2, 0) is 83.2 Å². The molecule has 90 heavy (non-hydrogen) atoms. The van der Waals surface area contributed by atoms with Gasteiger partial charge in [0.15, 0.2) is 5.96 Å². The van der Waals surface area contributed by atoms with Gasteiger partial charge >= 0.3 is 11.9 Å². The number of hydrogen-bond acceptors (Lipinski definition) is 17. The minimum Gasteiger partial charge on any atom is -0.508 e. The zero-order valence-electron chi connectivity index (χ0n) is 48.7. The van der Waals surface area contributed by atoms with Crippen molar-refractivity contribution < 1.29 is 78.0 Å². The predicted molar refractivity (Wildman–Crippen MR) is 325 cm³/mol. The fourth-order valence-corrected chi connectivity index (χ4v) is 9.59. The fourth-order valence-electron chi connectivity index (χ4n) is 9.12. The number of para-hydroxylation sites is 1. The van der Waals surface area contributed by atoms with E-state index < -0.39 is 139 Å². The highest BCUT2D eigenvalue weighted by molar-refractivity contribution is 7.98. The Morgan fingerprint density at radius 1 is 0.589 bits per heavy atom. The van der Waals surface area contributed by atoms with Crippen molar-refractivity contribution in [2.24, 2.45) is 5.73 Å². The smallest absolute Gasteiger partial charge is 0.322 e. The number of carboxylic acids is 2. The number of H-pyrrole nitrogens is 2. The summed E-state index contributed by atoms with van der Waals surface area (Å²) in [7, 11) is 0. The molecule has 0 aliphatic heterocycles. The molecule has 32 heteroatoms. The van der Waals surface area contributed by atoms with Gasteiger partial charge in [-0.05, 0) is 72.6 Å². The van der Waals surface area contributed by atoms with Crippen molar-refractivity contribution >= 4 is 100 Å². The molecule has 0 fully saturated rings. The normalized spacial score (nSPS) is 13.6. The van der Waals surface area contributed by atoms with Crippen molar-refractivity contribution in [2.45, 2.75) is 106 Å². The number of fused-ring (bicyclic) bond motifs is 1. The molecule has 0 spiro atoms. The molecule has 5 aromatic rings. The van der Waals surface area contributed by atoms with Crippen LogP contribution < -0.4 is 58.9 Å². The summed E-state index contributed by atoms with van der Waals surface area (Å²) in [6.45, 7) is -1.77. The highest BCUT2D eigenvalue weighted by Crippen LogP contribution is 2.20. The first-order chi connectivity index (χ1) is 43.1. The van der Waals surface area contributed by atoms with Gasteiger partial charge in [-0.2, -0.15) is 11.8 Å². The van der Waals surface area contributed by atoms with Crippen molar-refractivity contribution in [1.29, 1.82) is 5.41 Å². The van der Waals surface area contributed by atoms with Crippen molar-refractivity contribution in [1.82, 2.24) is 68.1 Å². The third-order valence-electron chi connectivity index (χ3n) is 13.7. The number of phenolic OH excluding ortho intramolecular Hbond substituents is 1. The SMILES string of the molecule is CSCC[C@H](NC(=O)[C@H](CO)NC(=O)[C@H](Cc1ccc(O)cc1)NC(=O)C=O)C(=O)N[C@@H](CCC(=O)O)C(=O)N[C@@H](Cc1c[nH]cn1)C(=O)N[C@@H](Cc1ccccc1)C(=O)N[C@@H](CCCNC(=N)N)C(=O)N[C@@H](Cc1c[nH]c2ccccc12)C(=O)NCC(=O)O. The molecule has 19 N–H and O–H groups in total. The molecule has 0 saturated heterocycles. The fraction of sp³-hybridized carbons (Fsp3) is 0.379. The van der Waals surface area contributed by atoms with Crippen molar-refractivity contribution in [2.75, 3.05) is 31.7 Å².